The molecule has 0 saturated heterocycles. The van der Waals surface area contributed by atoms with E-state index in [1.807, 2.05) is 43.3 Å². The SMILES string of the molecule is CCc1nc(SCC(=O)N(C)Cc2cc(-c3ccccc3)n[nH]2)n[nH]1. The molecule has 1 amide bonds. The van der Waals surface area contributed by atoms with Gasteiger partial charge in [-0.1, -0.05) is 49.0 Å². The van der Waals surface area contributed by atoms with Crippen LogP contribution >= 0.6 is 11.8 Å². The first-order valence-corrected chi connectivity index (χ1v) is 9.02. The second kappa shape index (κ2) is 7.98. The van der Waals surface area contributed by atoms with E-state index in [2.05, 4.69) is 25.4 Å². The minimum Gasteiger partial charge on any atom is -0.339 e. The third kappa shape index (κ3) is 4.48. The summed E-state index contributed by atoms with van der Waals surface area (Å²) in [7, 11) is 1.78. The average molecular weight is 356 g/mol. The summed E-state index contributed by atoms with van der Waals surface area (Å²) in [6.07, 6.45) is 0.797. The number of H-pyrrole nitrogens is 2. The van der Waals surface area contributed by atoms with Crippen molar-refractivity contribution in [2.24, 2.45) is 0 Å². The molecule has 0 aliphatic heterocycles. The Balaban J connectivity index is 1.54. The quantitative estimate of drug-likeness (QED) is 0.635. The molecule has 130 valence electrons. The largest absolute Gasteiger partial charge is 0.339 e. The molecular formula is C17H20N6OS. The molecule has 2 aromatic heterocycles. The number of aromatic nitrogens is 5. The highest BCUT2D eigenvalue weighted by molar-refractivity contribution is 7.99. The minimum absolute atomic E-state index is 0.0173. The third-order valence-corrected chi connectivity index (χ3v) is 4.54. The van der Waals surface area contributed by atoms with Crippen LogP contribution in [0, 0.1) is 0 Å². The van der Waals surface area contributed by atoms with Gasteiger partial charge in [0.05, 0.1) is 23.7 Å². The summed E-state index contributed by atoms with van der Waals surface area (Å²) >= 11 is 1.34. The van der Waals surface area contributed by atoms with Crippen LogP contribution in [0.2, 0.25) is 0 Å². The van der Waals surface area contributed by atoms with Crippen molar-refractivity contribution < 1.29 is 4.79 Å². The van der Waals surface area contributed by atoms with Crippen molar-refractivity contribution in [1.82, 2.24) is 30.3 Å². The van der Waals surface area contributed by atoms with Crippen LogP contribution in [0.15, 0.2) is 41.6 Å². The molecule has 0 atom stereocenters. The summed E-state index contributed by atoms with van der Waals surface area (Å²) < 4.78 is 0. The standard InChI is InChI=1S/C17H20N6OS/c1-3-15-18-17(22-21-15)25-11-16(24)23(2)10-13-9-14(20-19-13)12-7-5-4-6-8-12/h4-9H,3,10-11H2,1-2H3,(H,19,20)(H,18,21,22). The number of hydrogen-bond donors (Lipinski definition) is 2. The van der Waals surface area contributed by atoms with Crippen LogP contribution in [0.4, 0.5) is 0 Å². The van der Waals surface area contributed by atoms with E-state index in [1.165, 1.54) is 11.8 Å². The molecular weight excluding hydrogens is 336 g/mol. The molecule has 0 spiro atoms. The lowest BCUT2D eigenvalue weighted by atomic mass is 10.1. The summed E-state index contributed by atoms with van der Waals surface area (Å²) in [6.45, 7) is 2.48. The Bertz CT molecular complexity index is 829. The molecule has 0 aliphatic rings. The fraction of sp³-hybridized carbons (Fsp3) is 0.294. The van der Waals surface area contributed by atoms with E-state index in [-0.39, 0.29) is 5.91 Å². The smallest absolute Gasteiger partial charge is 0.233 e. The van der Waals surface area contributed by atoms with Crippen molar-refractivity contribution in [2.75, 3.05) is 12.8 Å². The Morgan fingerprint density at radius 3 is 2.72 bits per heavy atom. The summed E-state index contributed by atoms with van der Waals surface area (Å²) in [5.74, 6) is 1.15. The minimum atomic E-state index is 0.0173. The first-order valence-electron chi connectivity index (χ1n) is 8.03. The molecule has 7 nitrogen and oxygen atoms in total. The third-order valence-electron chi connectivity index (χ3n) is 3.70. The number of hydrogen-bond acceptors (Lipinski definition) is 5. The number of nitrogens with one attached hydrogen (secondary N) is 2. The number of amides is 1. The molecule has 0 bridgehead atoms. The number of benzene rings is 1. The van der Waals surface area contributed by atoms with Gasteiger partial charge in [0.25, 0.3) is 0 Å². The summed E-state index contributed by atoms with van der Waals surface area (Å²) in [6, 6.07) is 11.9. The highest BCUT2D eigenvalue weighted by atomic mass is 32.2. The molecule has 0 fully saturated rings. The van der Waals surface area contributed by atoms with Crippen LogP contribution in [0.5, 0.6) is 0 Å². The maximum atomic E-state index is 12.3. The number of thioether (sulfide) groups is 1. The zero-order chi connectivity index (χ0) is 17.6. The monoisotopic (exact) mass is 356 g/mol. The molecule has 2 N–H and O–H groups in total. The molecule has 0 aliphatic carbocycles. The van der Waals surface area contributed by atoms with Crippen LogP contribution < -0.4 is 0 Å². The highest BCUT2D eigenvalue weighted by Gasteiger charge is 2.13. The first-order chi connectivity index (χ1) is 12.2. The normalized spacial score (nSPS) is 10.8. The predicted octanol–water partition coefficient (Wildman–Crippen LogP) is 2.51. The van der Waals surface area contributed by atoms with Gasteiger partial charge in [0.2, 0.25) is 11.1 Å². The lowest BCUT2D eigenvalue weighted by Gasteiger charge is -2.15. The molecule has 25 heavy (non-hydrogen) atoms. The highest BCUT2D eigenvalue weighted by Crippen LogP contribution is 2.18. The molecule has 2 heterocycles. The lowest BCUT2D eigenvalue weighted by molar-refractivity contribution is -0.127. The van der Waals surface area contributed by atoms with Crippen LogP contribution in [-0.2, 0) is 17.8 Å². The molecule has 8 heteroatoms. The fourth-order valence-corrected chi connectivity index (χ4v) is 3.04. The van der Waals surface area contributed by atoms with Crippen molar-refractivity contribution in [1.29, 1.82) is 0 Å². The van der Waals surface area contributed by atoms with E-state index in [1.54, 1.807) is 11.9 Å². The van der Waals surface area contributed by atoms with Crippen molar-refractivity contribution in [2.45, 2.75) is 25.0 Å². The van der Waals surface area contributed by atoms with Gasteiger partial charge in [-0.15, -0.1) is 5.10 Å². The topological polar surface area (TPSA) is 90.6 Å². The Hall–Kier alpha value is -2.61. The van der Waals surface area contributed by atoms with Gasteiger partial charge in [0.15, 0.2) is 0 Å². The Morgan fingerprint density at radius 2 is 2.00 bits per heavy atom. The molecule has 3 aromatic rings. The van der Waals surface area contributed by atoms with Crippen molar-refractivity contribution in [3.05, 3.63) is 47.9 Å². The van der Waals surface area contributed by atoms with Gasteiger partial charge < -0.3 is 4.90 Å². The zero-order valence-corrected chi connectivity index (χ0v) is 15.0. The second-order valence-electron chi connectivity index (χ2n) is 5.60. The summed E-state index contributed by atoms with van der Waals surface area (Å²) in [5, 5.41) is 14.8. The number of carbonyl (C=O) groups excluding carboxylic acids is 1. The van der Waals surface area contributed by atoms with Gasteiger partial charge in [-0.25, -0.2) is 4.98 Å². The number of aryl methyl sites for hydroxylation is 1. The molecule has 1 aromatic carbocycles. The zero-order valence-electron chi connectivity index (χ0n) is 14.2. The molecule has 0 radical (unpaired) electrons. The van der Waals surface area contributed by atoms with E-state index in [9.17, 15) is 4.79 Å². The Labute approximate surface area is 150 Å². The van der Waals surface area contributed by atoms with Gasteiger partial charge in [-0.2, -0.15) is 5.10 Å². The van der Waals surface area contributed by atoms with Gasteiger partial charge >= 0.3 is 0 Å². The van der Waals surface area contributed by atoms with Crippen LogP contribution in [0.1, 0.15) is 18.4 Å². The molecule has 3 rings (SSSR count). The summed E-state index contributed by atoms with van der Waals surface area (Å²) in [5.41, 5.74) is 2.82. The van der Waals surface area contributed by atoms with Gasteiger partial charge in [-0.3, -0.25) is 15.0 Å². The first kappa shape index (κ1) is 17.2. The van der Waals surface area contributed by atoms with Crippen LogP contribution in [0.25, 0.3) is 11.3 Å². The predicted molar refractivity (Wildman–Crippen MR) is 97.0 cm³/mol. The average Bonchev–Trinajstić information content (AvgIpc) is 3.29. The van der Waals surface area contributed by atoms with E-state index < -0.39 is 0 Å². The number of aromatic amines is 2. The van der Waals surface area contributed by atoms with Crippen molar-refractivity contribution in [3.8, 4) is 11.3 Å². The maximum Gasteiger partial charge on any atom is 0.233 e. The van der Waals surface area contributed by atoms with E-state index in [4.69, 9.17) is 0 Å². The van der Waals surface area contributed by atoms with Gasteiger partial charge in [-0.05, 0) is 6.07 Å². The number of nitrogens with zero attached hydrogens (tertiary/aromatic N) is 4. The molecule has 0 unspecified atom stereocenters. The van der Waals surface area contributed by atoms with Gasteiger partial charge in [0, 0.05) is 19.0 Å². The number of carbonyl (C=O) groups is 1. The Morgan fingerprint density at radius 1 is 1.20 bits per heavy atom. The van der Waals surface area contributed by atoms with Crippen molar-refractivity contribution >= 4 is 17.7 Å². The second-order valence-corrected chi connectivity index (χ2v) is 6.54. The van der Waals surface area contributed by atoms with Crippen molar-refractivity contribution in [3.63, 3.8) is 0 Å². The Kier molecular flexibility index (Phi) is 5.49. The van der Waals surface area contributed by atoms with E-state index in [0.717, 1.165) is 29.2 Å². The molecule has 0 saturated carbocycles. The maximum absolute atomic E-state index is 12.3. The van der Waals surface area contributed by atoms with Gasteiger partial charge in [0.1, 0.15) is 5.82 Å². The number of rotatable bonds is 7. The summed E-state index contributed by atoms with van der Waals surface area (Å²) in [4.78, 5) is 18.2. The van der Waals surface area contributed by atoms with E-state index >= 15 is 0 Å². The lowest BCUT2D eigenvalue weighted by Crippen LogP contribution is -2.28. The van der Waals surface area contributed by atoms with Crippen LogP contribution in [0.3, 0.4) is 0 Å². The van der Waals surface area contributed by atoms with Crippen LogP contribution in [-0.4, -0.2) is 49.0 Å². The fourth-order valence-electron chi connectivity index (χ4n) is 2.28. The van der Waals surface area contributed by atoms with E-state index in [0.29, 0.717) is 17.5 Å².